The van der Waals surface area contributed by atoms with Crippen molar-refractivity contribution in [1.29, 1.82) is 0 Å². The summed E-state index contributed by atoms with van der Waals surface area (Å²) in [5, 5.41) is 9.38. The fraction of sp³-hybridized carbons (Fsp3) is 0.500. The predicted molar refractivity (Wildman–Crippen MR) is 59.2 cm³/mol. The molecule has 0 atom stereocenters. The van der Waals surface area contributed by atoms with Crippen LogP contribution in [0.5, 0.6) is 0 Å². The van der Waals surface area contributed by atoms with Gasteiger partial charge < -0.3 is 9.67 Å². The molecule has 0 aromatic carbocycles. The van der Waals surface area contributed by atoms with Crippen molar-refractivity contribution in [2.45, 2.75) is 18.9 Å². The number of aliphatic hydroxyl groups is 1. The van der Waals surface area contributed by atoms with Gasteiger partial charge in [-0.3, -0.25) is 0 Å². The Kier molecular flexibility index (Phi) is 2.29. The number of rotatable bonds is 2. The molecule has 2 aromatic rings. The van der Waals surface area contributed by atoms with E-state index < -0.39 is 0 Å². The normalized spacial score (nSPS) is 24.6. The number of aliphatic hydroxyl groups excluding tert-OH is 1. The largest absolute Gasteiger partial charge is 0.396 e. The molecular weight excluding hydrogens is 228 g/mol. The number of hydrogen-bond acceptors (Lipinski definition) is 4. The molecule has 0 aliphatic heterocycles. The molecule has 0 radical (unpaired) electrons. The van der Waals surface area contributed by atoms with E-state index in [9.17, 15) is 0 Å². The maximum absolute atomic E-state index is 8.99. The lowest BCUT2D eigenvalue weighted by molar-refractivity contribution is 0.114. The summed E-state index contributed by atoms with van der Waals surface area (Å²) in [4.78, 5) is 12.3. The Labute approximate surface area is 97.1 Å². The summed E-state index contributed by atoms with van der Waals surface area (Å²) >= 11 is 5.93. The van der Waals surface area contributed by atoms with Crippen LogP contribution in [0.3, 0.4) is 0 Å². The van der Waals surface area contributed by atoms with E-state index in [0.29, 0.717) is 22.6 Å². The van der Waals surface area contributed by atoms with E-state index in [-0.39, 0.29) is 6.61 Å². The lowest BCUT2D eigenvalue weighted by Gasteiger charge is -2.34. The molecule has 2 aromatic heterocycles. The predicted octanol–water partition coefficient (Wildman–Crippen LogP) is 1.42. The summed E-state index contributed by atoms with van der Waals surface area (Å²) in [6.07, 6.45) is 5.15. The molecule has 84 valence electrons. The highest BCUT2D eigenvalue weighted by Crippen LogP contribution is 2.38. The first-order chi connectivity index (χ1) is 7.79. The minimum absolute atomic E-state index is 0.263. The Morgan fingerprint density at radius 1 is 1.38 bits per heavy atom. The fourth-order valence-electron chi connectivity index (χ4n) is 2.17. The van der Waals surface area contributed by atoms with Crippen LogP contribution in [0.15, 0.2) is 12.7 Å². The van der Waals surface area contributed by atoms with Crippen molar-refractivity contribution < 1.29 is 5.11 Å². The van der Waals surface area contributed by atoms with Gasteiger partial charge in [0, 0.05) is 12.6 Å². The summed E-state index contributed by atoms with van der Waals surface area (Å²) in [6, 6.07) is 0.383. The van der Waals surface area contributed by atoms with Crippen LogP contribution in [0.4, 0.5) is 0 Å². The van der Waals surface area contributed by atoms with Crippen LogP contribution in [-0.4, -0.2) is 31.2 Å². The van der Waals surface area contributed by atoms with E-state index in [1.165, 1.54) is 6.33 Å². The van der Waals surface area contributed by atoms with Crippen LogP contribution in [-0.2, 0) is 0 Å². The Morgan fingerprint density at radius 2 is 2.19 bits per heavy atom. The van der Waals surface area contributed by atoms with Gasteiger partial charge in [-0.25, -0.2) is 15.0 Å². The van der Waals surface area contributed by atoms with Crippen LogP contribution in [0.2, 0.25) is 5.15 Å². The fourth-order valence-corrected chi connectivity index (χ4v) is 2.34. The third-order valence-electron chi connectivity index (χ3n) is 3.18. The quantitative estimate of drug-likeness (QED) is 0.804. The van der Waals surface area contributed by atoms with Crippen molar-refractivity contribution in [3.63, 3.8) is 0 Å². The average molecular weight is 239 g/mol. The molecule has 1 fully saturated rings. The highest BCUT2D eigenvalue weighted by atomic mass is 35.5. The molecule has 0 amide bonds. The van der Waals surface area contributed by atoms with Crippen molar-refractivity contribution in [2.24, 2.45) is 5.92 Å². The zero-order valence-electron chi connectivity index (χ0n) is 8.54. The molecule has 1 saturated carbocycles. The van der Waals surface area contributed by atoms with Gasteiger partial charge in [-0.1, -0.05) is 11.6 Å². The first kappa shape index (κ1) is 9.99. The van der Waals surface area contributed by atoms with Gasteiger partial charge >= 0.3 is 0 Å². The van der Waals surface area contributed by atoms with E-state index >= 15 is 0 Å². The molecule has 2 heterocycles. The van der Waals surface area contributed by atoms with Crippen LogP contribution >= 0.6 is 11.6 Å². The van der Waals surface area contributed by atoms with Crippen LogP contribution in [0.25, 0.3) is 11.2 Å². The van der Waals surface area contributed by atoms with E-state index in [2.05, 4.69) is 15.0 Å². The van der Waals surface area contributed by atoms with Gasteiger partial charge in [0.1, 0.15) is 11.8 Å². The van der Waals surface area contributed by atoms with E-state index in [0.717, 1.165) is 18.5 Å². The molecule has 1 aliphatic rings. The number of imidazole rings is 1. The van der Waals surface area contributed by atoms with E-state index in [4.69, 9.17) is 16.7 Å². The maximum Gasteiger partial charge on any atom is 0.165 e. The second-order valence-corrected chi connectivity index (χ2v) is 4.52. The molecule has 16 heavy (non-hydrogen) atoms. The van der Waals surface area contributed by atoms with Crippen LogP contribution in [0, 0.1) is 5.92 Å². The van der Waals surface area contributed by atoms with Crippen LogP contribution in [0.1, 0.15) is 18.9 Å². The summed E-state index contributed by atoms with van der Waals surface area (Å²) in [7, 11) is 0. The highest BCUT2D eigenvalue weighted by Gasteiger charge is 2.31. The van der Waals surface area contributed by atoms with E-state index in [1.807, 2.05) is 4.57 Å². The lowest BCUT2D eigenvalue weighted by atomic mass is 9.81. The number of halogens is 1. The minimum atomic E-state index is 0.263. The molecule has 1 aliphatic carbocycles. The second kappa shape index (κ2) is 3.68. The standard InChI is InChI=1S/C10H11ClN4O/c11-9-8-10(13-4-12-9)15(5-14-8)7-1-6(2-7)3-16/h4-7,16H,1-3H2. The molecule has 0 unspecified atom stereocenters. The summed E-state index contributed by atoms with van der Waals surface area (Å²) in [5.74, 6) is 0.416. The number of fused-ring (bicyclic) bond motifs is 1. The molecule has 3 rings (SSSR count). The summed E-state index contributed by atoms with van der Waals surface area (Å²) < 4.78 is 2.02. The first-order valence-electron chi connectivity index (χ1n) is 5.23. The van der Waals surface area contributed by atoms with E-state index in [1.54, 1.807) is 6.33 Å². The van der Waals surface area contributed by atoms with Crippen molar-refractivity contribution in [1.82, 2.24) is 19.5 Å². The zero-order chi connectivity index (χ0) is 11.1. The zero-order valence-corrected chi connectivity index (χ0v) is 9.30. The molecular formula is C10H11ClN4O. The van der Waals surface area contributed by atoms with Gasteiger partial charge in [0.05, 0.1) is 6.33 Å². The number of nitrogens with zero attached hydrogens (tertiary/aromatic N) is 4. The topological polar surface area (TPSA) is 63.8 Å². The Hall–Kier alpha value is -1.20. The molecule has 6 heteroatoms. The van der Waals surface area contributed by atoms with Gasteiger partial charge in [-0.15, -0.1) is 0 Å². The summed E-state index contributed by atoms with van der Waals surface area (Å²) in [5.41, 5.74) is 1.43. The monoisotopic (exact) mass is 238 g/mol. The Bertz CT molecular complexity index is 521. The van der Waals surface area contributed by atoms with Crippen molar-refractivity contribution >= 4 is 22.8 Å². The number of hydrogen-bond donors (Lipinski definition) is 1. The maximum atomic E-state index is 8.99. The molecule has 0 bridgehead atoms. The van der Waals surface area contributed by atoms with Gasteiger partial charge in [-0.05, 0) is 18.8 Å². The van der Waals surface area contributed by atoms with Crippen molar-refractivity contribution in [2.75, 3.05) is 6.61 Å². The molecule has 0 saturated heterocycles. The Balaban J connectivity index is 1.97. The highest BCUT2D eigenvalue weighted by molar-refractivity contribution is 6.33. The third kappa shape index (κ3) is 1.39. The summed E-state index contributed by atoms with van der Waals surface area (Å²) in [6.45, 7) is 0.263. The lowest BCUT2D eigenvalue weighted by Crippen LogP contribution is -2.28. The molecule has 5 nitrogen and oxygen atoms in total. The second-order valence-electron chi connectivity index (χ2n) is 4.16. The average Bonchev–Trinajstić information content (AvgIpc) is 2.62. The first-order valence-corrected chi connectivity index (χ1v) is 5.61. The Morgan fingerprint density at radius 3 is 2.94 bits per heavy atom. The van der Waals surface area contributed by atoms with Crippen molar-refractivity contribution in [3.8, 4) is 0 Å². The van der Waals surface area contributed by atoms with Gasteiger partial charge in [0.15, 0.2) is 10.8 Å². The molecule has 0 spiro atoms. The number of aromatic nitrogens is 4. The SMILES string of the molecule is OCC1CC(n2cnc3c(Cl)ncnc32)C1. The third-order valence-corrected chi connectivity index (χ3v) is 3.45. The minimum Gasteiger partial charge on any atom is -0.396 e. The van der Waals surface area contributed by atoms with Gasteiger partial charge in [0.2, 0.25) is 0 Å². The van der Waals surface area contributed by atoms with Crippen molar-refractivity contribution in [3.05, 3.63) is 17.8 Å². The molecule has 1 N–H and O–H groups in total. The van der Waals surface area contributed by atoms with Gasteiger partial charge in [0.25, 0.3) is 0 Å². The van der Waals surface area contributed by atoms with Crippen LogP contribution < -0.4 is 0 Å². The smallest absolute Gasteiger partial charge is 0.165 e. The van der Waals surface area contributed by atoms with Gasteiger partial charge in [-0.2, -0.15) is 0 Å².